The van der Waals surface area contributed by atoms with Gasteiger partial charge in [-0.2, -0.15) is 0 Å². The number of carbonyl (C=O) groups is 1. The van der Waals surface area contributed by atoms with Gasteiger partial charge in [-0.3, -0.25) is 9.69 Å². The first-order valence-electron chi connectivity index (χ1n) is 6.25. The minimum atomic E-state index is -0.230. The van der Waals surface area contributed by atoms with Crippen LogP contribution in [-0.2, 0) is 14.3 Å². The van der Waals surface area contributed by atoms with Gasteiger partial charge in [-0.1, -0.05) is 6.92 Å². The number of esters is 1. The van der Waals surface area contributed by atoms with E-state index in [1.54, 1.807) is 0 Å². The van der Waals surface area contributed by atoms with Crippen LogP contribution in [0.25, 0.3) is 0 Å². The van der Waals surface area contributed by atoms with Crippen LogP contribution in [0.5, 0.6) is 0 Å². The van der Waals surface area contributed by atoms with Crippen molar-refractivity contribution in [3.63, 3.8) is 0 Å². The average Bonchev–Trinajstić information content (AvgIpc) is 2.75. The molecule has 0 aliphatic carbocycles. The number of ether oxygens (including phenoxy) is 2. The molecule has 0 spiro atoms. The summed E-state index contributed by atoms with van der Waals surface area (Å²) in [6.45, 7) is 7.28. The van der Waals surface area contributed by atoms with E-state index in [0.717, 1.165) is 32.6 Å². The Balaban J connectivity index is 0.00000162. The maximum Gasteiger partial charge on any atom is 0.325 e. The molecular formula is C12H23ClN2O3. The minimum absolute atomic E-state index is 0. The van der Waals surface area contributed by atoms with Crippen molar-refractivity contribution in [2.75, 3.05) is 46.5 Å². The second kappa shape index (κ2) is 6.70. The molecule has 2 fully saturated rings. The van der Waals surface area contributed by atoms with Crippen LogP contribution in [0.15, 0.2) is 0 Å². The van der Waals surface area contributed by atoms with Crippen molar-refractivity contribution in [2.45, 2.75) is 19.4 Å². The lowest BCUT2D eigenvalue weighted by atomic mass is 9.88. The molecule has 0 bridgehead atoms. The van der Waals surface area contributed by atoms with Gasteiger partial charge in [0, 0.05) is 19.6 Å². The van der Waals surface area contributed by atoms with Crippen LogP contribution < -0.4 is 5.32 Å². The number of morpholine rings is 1. The zero-order valence-corrected chi connectivity index (χ0v) is 11.9. The highest BCUT2D eigenvalue weighted by atomic mass is 35.5. The molecule has 1 N–H and O–H groups in total. The number of methoxy groups -OCH3 is 1. The summed E-state index contributed by atoms with van der Waals surface area (Å²) in [5.74, 6) is -0.181. The van der Waals surface area contributed by atoms with E-state index in [2.05, 4.69) is 17.1 Å². The quantitative estimate of drug-likeness (QED) is 0.752. The summed E-state index contributed by atoms with van der Waals surface area (Å²) >= 11 is 0. The van der Waals surface area contributed by atoms with Crippen molar-refractivity contribution in [3.8, 4) is 0 Å². The van der Waals surface area contributed by atoms with Crippen molar-refractivity contribution in [1.82, 2.24) is 10.2 Å². The molecule has 6 heteroatoms. The number of carbonyl (C=O) groups excluding carboxylic acids is 1. The summed E-state index contributed by atoms with van der Waals surface area (Å²) in [6.07, 6.45) is 1.16. The Kier molecular flexibility index (Phi) is 5.85. The SMILES string of the molecule is COC(=O)C1COCCN1CC1(C)CCNC1.Cl. The van der Waals surface area contributed by atoms with Crippen LogP contribution in [0.1, 0.15) is 13.3 Å². The number of rotatable bonds is 3. The number of hydrogen-bond donors (Lipinski definition) is 1. The number of nitrogens with zero attached hydrogens (tertiary/aromatic N) is 1. The molecule has 2 aliphatic heterocycles. The molecule has 2 atom stereocenters. The maximum absolute atomic E-state index is 11.7. The third kappa shape index (κ3) is 3.57. The van der Waals surface area contributed by atoms with Crippen molar-refractivity contribution >= 4 is 18.4 Å². The van der Waals surface area contributed by atoms with E-state index in [9.17, 15) is 4.79 Å². The van der Waals surface area contributed by atoms with Gasteiger partial charge in [0.15, 0.2) is 0 Å². The summed E-state index contributed by atoms with van der Waals surface area (Å²) in [7, 11) is 1.44. The Morgan fingerprint density at radius 3 is 3.00 bits per heavy atom. The summed E-state index contributed by atoms with van der Waals surface area (Å²) < 4.78 is 10.2. The van der Waals surface area contributed by atoms with Gasteiger partial charge in [-0.15, -0.1) is 12.4 Å². The van der Waals surface area contributed by atoms with Gasteiger partial charge in [0.05, 0.1) is 20.3 Å². The smallest absolute Gasteiger partial charge is 0.325 e. The Bertz CT molecular complexity index is 282. The van der Waals surface area contributed by atoms with E-state index >= 15 is 0 Å². The monoisotopic (exact) mass is 278 g/mol. The van der Waals surface area contributed by atoms with Gasteiger partial charge in [0.1, 0.15) is 6.04 Å². The predicted octanol–water partition coefficient (Wildman–Crippen LogP) is 0.282. The fourth-order valence-corrected chi connectivity index (χ4v) is 2.67. The van der Waals surface area contributed by atoms with Crippen molar-refractivity contribution in [1.29, 1.82) is 0 Å². The third-order valence-corrected chi connectivity index (χ3v) is 3.75. The lowest BCUT2D eigenvalue weighted by Crippen LogP contribution is -2.53. The van der Waals surface area contributed by atoms with Gasteiger partial charge in [0.25, 0.3) is 0 Å². The zero-order valence-electron chi connectivity index (χ0n) is 11.1. The molecule has 2 unspecified atom stereocenters. The van der Waals surface area contributed by atoms with Crippen molar-refractivity contribution in [3.05, 3.63) is 0 Å². The molecule has 18 heavy (non-hydrogen) atoms. The van der Waals surface area contributed by atoms with E-state index in [0.29, 0.717) is 13.2 Å². The first-order valence-corrected chi connectivity index (χ1v) is 6.25. The molecule has 2 heterocycles. The van der Waals surface area contributed by atoms with E-state index in [1.165, 1.54) is 7.11 Å². The summed E-state index contributed by atoms with van der Waals surface area (Å²) in [5.41, 5.74) is 0.267. The van der Waals surface area contributed by atoms with E-state index in [4.69, 9.17) is 9.47 Å². The normalized spacial score (nSPS) is 32.9. The average molecular weight is 279 g/mol. The van der Waals surface area contributed by atoms with E-state index in [1.807, 2.05) is 0 Å². The Hall–Kier alpha value is -0.360. The molecule has 2 saturated heterocycles. The standard InChI is InChI=1S/C12H22N2O3.ClH/c1-12(3-4-13-8-12)9-14-5-6-17-7-10(14)11(15)16-2;/h10,13H,3-9H2,1-2H3;1H. The van der Waals surface area contributed by atoms with Crippen LogP contribution in [0.3, 0.4) is 0 Å². The lowest BCUT2D eigenvalue weighted by Gasteiger charge is -2.38. The van der Waals surface area contributed by atoms with Gasteiger partial charge >= 0.3 is 5.97 Å². The highest BCUT2D eigenvalue weighted by Crippen LogP contribution is 2.27. The molecule has 0 aromatic rings. The van der Waals surface area contributed by atoms with Crippen LogP contribution in [0.2, 0.25) is 0 Å². The first-order chi connectivity index (χ1) is 8.14. The Morgan fingerprint density at radius 1 is 1.61 bits per heavy atom. The molecule has 106 valence electrons. The second-order valence-electron chi connectivity index (χ2n) is 5.32. The zero-order chi connectivity index (χ0) is 12.3. The summed E-state index contributed by atoms with van der Waals surface area (Å²) in [4.78, 5) is 13.9. The highest BCUT2D eigenvalue weighted by molar-refractivity contribution is 5.85. The van der Waals surface area contributed by atoms with Gasteiger partial charge in [-0.25, -0.2) is 0 Å². The van der Waals surface area contributed by atoms with Crippen LogP contribution >= 0.6 is 12.4 Å². The van der Waals surface area contributed by atoms with Gasteiger partial charge in [0.2, 0.25) is 0 Å². The molecular weight excluding hydrogens is 256 g/mol. The van der Waals surface area contributed by atoms with Crippen molar-refractivity contribution < 1.29 is 14.3 Å². The Morgan fingerprint density at radius 2 is 2.39 bits per heavy atom. The fraction of sp³-hybridized carbons (Fsp3) is 0.917. The fourth-order valence-electron chi connectivity index (χ4n) is 2.67. The second-order valence-corrected chi connectivity index (χ2v) is 5.32. The maximum atomic E-state index is 11.7. The molecule has 0 amide bonds. The third-order valence-electron chi connectivity index (χ3n) is 3.75. The van der Waals surface area contributed by atoms with Crippen LogP contribution in [0, 0.1) is 5.41 Å². The van der Waals surface area contributed by atoms with Crippen LogP contribution in [0.4, 0.5) is 0 Å². The predicted molar refractivity (Wildman–Crippen MR) is 71.0 cm³/mol. The molecule has 0 saturated carbocycles. The molecule has 5 nitrogen and oxygen atoms in total. The van der Waals surface area contributed by atoms with E-state index in [-0.39, 0.29) is 29.8 Å². The lowest BCUT2D eigenvalue weighted by molar-refractivity contribution is -0.154. The minimum Gasteiger partial charge on any atom is -0.468 e. The largest absolute Gasteiger partial charge is 0.468 e. The van der Waals surface area contributed by atoms with Crippen molar-refractivity contribution in [2.24, 2.45) is 5.41 Å². The van der Waals surface area contributed by atoms with Gasteiger partial charge < -0.3 is 14.8 Å². The summed E-state index contributed by atoms with van der Waals surface area (Å²) in [5, 5.41) is 3.39. The summed E-state index contributed by atoms with van der Waals surface area (Å²) in [6, 6.07) is -0.230. The molecule has 0 aromatic carbocycles. The van der Waals surface area contributed by atoms with E-state index < -0.39 is 0 Å². The highest BCUT2D eigenvalue weighted by Gasteiger charge is 2.37. The van der Waals surface area contributed by atoms with Crippen LogP contribution in [-0.4, -0.2) is 63.4 Å². The molecule has 0 aromatic heterocycles. The van der Waals surface area contributed by atoms with Gasteiger partial charge in [-0.05, 0) is 18.4 Å². The number of halogens is 1. The molecule has 0 radical (unpaired) electrons. The number of hydrogen-bond acceptors (Lipinski definition) is 5. The number of nitrogens with one attached hydrogen (secondary N) is 1. The molecule has 2 aliphatic rings. The first kappa shape index (κ1) is 15.7. The Labute approximate surface area is 115 Å². The topological polar surface area (TPSA) is 50.8 Å². The molecule has 2 rings (SSSR count).